The minimum Gasteiger partial charge on any atom is -0.326 e. The Hall–Kier alpha value is -2.33. The van der Waals surface area contributed by atoms with Gasteiger partial charge in [0, 0.05) is 36.3 Å². The fourth-order valence-corrected chi connectivity index (χ4v) is 2.82. The van der Waals surface area contributed by atoms with Crippen LogP contribution in [-0.4, -0.2) is 18.4 Å². The Labute approximate surface area is 153 Å². The minimum atomic E-state index is -0.125. The predicted octanol–water partition coefficient (Wildman–Crippen LogP) is 4.65. The third kappa shape index (κ3) is 4.60. The molecular formula is C20H23ClN2O2. The summed E-state index contributed by atoms with van der Waals surface area (Å²) in [5.74, 6) is -0.246. The molecule has 2 rings (SSSR count). The fraction of sp³-hybridized carbons (Fsp3) is 0.300. The first-order chi connectivity index (χ1) is 11.8. The van der Waals surface area contributed by atoms with Gasteiger partial charge in [0.25, 0.3) is 0 Å². The topological polar surface area (TPSA) is 49.4 Å². The average Bonchev–Trinajstić information content (AvgIpc) is 2.55. The van der Waals surface area contributed by atoms with E-state index in [1.165, 1.54) is 6.92 Å². The normalized spacial score (nSPS) is 10.4. The maximum absolute atomic E-state index is 12.3. The van der Waals surface area contributed by atoms with Crippen LogP contribution in [0.15, 0.2) is 36.4 Å². The Bertz CT molecular complexity index is 802. The SMILES string of the molecule is CC(=O)N(CCC(=O)Nc1cccc(C)c1C)c1cccc(Cl)c1C. The van der Waals surface area contributed by atoms with Crippen LogP contribution in [0.3, 0.4) is 0 Å². The average molecular weight is 359 g/mol. The molecule has 0 bridgehead atoms. The summed E-state index contributed by atoms with van der Waals surface area (Å²) in [6, 6.07) is 11.2. The zero-order chi connectivity index (χ0) is 18.6. The molecule has 2 aromatic carbocycles. The Kier molecular flexibility index (Phi) is 6.21. The summed E-state index contributed by atoms with van der Waals surface area (Å²) < 4.78 is 0. The van der Waals surface area contributed by atoms with E-state index < -0.39 is 0 Å². The molecule has 1 N–H and O–H groups in total. The molecule has 132 valence electrons. The molecule has 2 amide bonds. The van der Waals surface area contributed by atoms with Gasteiger partial charge in [0.2, 0.25) is 11.8 Å². The van der Waals surface area contributed by atoms with Crippen LogP contribution in [0.1, 0.15) is 30.0 Å². The first-order valence-corrected chi connectivity index (χ1v) is 8.58. The molecule has 0 atom stereocenters. The largest absolute Gasteiger partial charge is 0.326 e. The number of carbonyl (C=O) groups excluding carboxylic acids is 2. The van der Waals surface area contributed by atoms with E-state index in [-0.39, 0.29) is 18.2 Å². The van der Waals surface area contributed by atoms with E-state index in [0.717, 1.165) is 28.1 Å². The molecule has 0 heterocycles. The third-order valence-corrected chi connectivity index (χ3v) is 4.76. The van der Waals surface area contributed by atoms with Crippen LogP contribution in [0.4, 0.5) is 11.4 Å². The van der Waals surface area contributed by atoms with Crippen molar-refractivity contribution in [1.29, 1.82) is 0 Å². The van der Waals surface area contributed by atoms with Gasteiger partial charge in [-0.25, -0.2) is 0 Å². The van der Waals surface area contributed by atoms with Gasteiger partial charge in [-0.1, -0.05) is 29.8 Å². The monoisotopic (exact) mass is 358 g/mol. The first-order valence-electron chi connectivity index (χ1n) is 8.20. The van der Waals surface area contributed by atoms with E-state index in [2.05, 4.69) is 5.32 Å². The first kappa shape index (κ1) is 19.0. The molecule has 2 aromatic rings. The van der Waals surface area contributed by atoms with Crippen molar-refractivity contribution in [3.63, 3.8) is 0 Å². The van der Waals surface area contributed by atoms with Gasteiger partial charge in [-0.15, -0.1) is 0 Å². The zero-order valence-corrected chi connectivity index (χ0v) is 15.8. The summed E-state index contributed by atoms with van der Waals surface area (Å²) >= 11 is 6.15. The van der Waals surface area contributed by atoms with Crippen molar-refractivity contribution >= 4 is 34.8 Å². The van der Waals surface area contributed by atoms with Crippen LogP contribution >= 0.6 is 11.6 Å². The fourth-order valence-electron chi connectivity index (χ4n) is 2.65. The van der Waals surface area contributed by atoms with Crippen molar-refractivity contribution < 1.29 is 9.59 Å². The second kappa shape index (κ2) is 8.17. The van der Waals surface area contributed by atoms with Gasteiger partial charge in [0.1, 0.15) is 0 Å². The number of benzene rings is 2. The van der Waals surface area contributed by atoms with E-state index >= 15 is 0 Å². The van der Waals surface area contributed by atoms with E-state index in [1.807, 2.05) is 45.0 Å². The van der Waals surface area contributed by atoms with Crippen molar-refractivity contribution in [2.45, 2.75) is 34.1 Å². The van der Waals surface area contributed by atoms with Crippen molar-refractivity contribution in [2.75, 3.05) is 16.8 Å². The molecule has 0 saturated heterocycles. The highest BCUT2D eigenvalue weighted by molar-refractivity contribution is 6.31. The number of nitrogens with one attached hydrogen (secondary N) is 1. The highest BCUT2D eigenvalue weighted by Gasteiger charge is 2.17. The standard InChI is InChI=1S/C20H23ClN2O2/c1-13-7-5-9-18(14(13)2)22-20(25)11-12-23(16(4)24)19-10-6-8-17(21)15(19)3/h5-10H,11-12H2,1-4H3,(H,22,25). The van der Waals surface area contributed by atoms with Gasteiger partial charge >= 0.3 is 0 Å². The summed E-state index contributed by atoms with van der Waals surface area (Å²) in [6.45, 7) is 7.63. The van der Waals surface area contributed by atoms with Crippen molar-refractivity contribution in [3.05, 3.63) is 58.1 Å². The van der Waals surface area contributed by atoms with E-state index in [0.29, 0.717) is 11.6 Å². The van der Waals surface area contributed by atoms with Crippen LogP contribution in [0.5, 0.6) is 0 Å². The van der Waals surface area contributed by atoms with Crippen LogP contribution < -0.4 is 10.2 Å². The highest BCUT2D eigenvalue weighted by atomic mass is 35.5. The van der Waals surface area contributed by atoms with Crippen molar-refractivity contribution in [2.24, 2.45) is 0 Å². The lowest BCUT2D eigenvalue weighted by atomic mass is 10.1. The number of halogens is 1. The van der Waals surface area contributed by atoms with E-state index in [4.69, 9.17) is 11.6 Å². The van der Waals surface area contributed by atoms with Gasteiger partial charge in [-0.3, -0.25) is 9.59 Å². The molecule has 0 aliphatic rings. The Morgan fingerprint density at radius 2 is 1.72 bits per heavy atom. The molecule has 0 unspecified atom stereocenters. The van der Waals surface area contributed by atoms with Gasteiger partial charge < -0.3 is 10.2 Å². The maximum Gasteiger partial charge on any atom is 0.226 e. The van der Waals surface area contributed by atoms with Crippen LogP contribution in [-0.2, 0) is 9.59 Å². The number of amides is 2. The molecule has 0 aliphatic carbocycles. The van der Waals surface area contributed by atoms with E-state index in [1.54, 1.807) is 17.0 Å². The van der Waals surface area contributed by atoms with E-state index in [9.17, 15) is 9.59 Å². The Balaban J connectivity index is 2.09. The third-order valence-electron chi connectivity index (χ3n) is 4.35. The lowest BCUT2D eigenvalue weighted by Gasteiger charge is -2.23. The quantitative estimate of drug-likeness (QED) is 0.845. The molecule has 25 heavy (non-hydrogen) atoms. The molecule has 0 radical (unpaired) electrons. The summed E-state index contributed by atoms with van der Waals surface area (Å²) in [5, 5.41) is 3.52. The minimum absolute atomic E-state index is 0.120. The lowest BCUT2D eigenvalue weighted by molar-refractivity contribution is -0.117. The molecule has 4 nitrogen and oxygen atoms in total. The number of carbonyl (C=O) groups is 2. The smallest absolute Gasteiger partial charge is 0.226 e. The number of hydrogen-bond donors (Lipinski definition) is 1. The number of nitrogens with zero attached hydrogens (tertiary/aromatic N) is 1. The second-order valence-corrected chi connectivity index (χ2v) is 6.51. The molecule has 0 aromatic heterocycles. The molecule has 0 saturated carbocycles. The number of hydrogen-bond acceptors (Lipinski definition) is 2. The molecule has 0 fully saturated rings. The van der Waals surface area contributed by atoms with Crippen LogP contribution in [0.25, 0.3) is 0 Å². The van der Waals surface area contributed by atoms with Crippen molar-refractivity contribution in [1.82, 2.24) is 0 Å². The van der Waals surface area contributed by atoms with Gasteiger partial charge in [0.05, 0.1) is 0 Å². The molecular weight excluding hydrogens is 336 g/mol. The molecule has 5 heteroatoms. The van der Waals surface area contributed by atoms with Gasteiger partial charge in [-0.05, 0) is 55.7 Å². The number of rotatable bonds is 5. The number of anilines is 2. The summed E-state index contributed by atoms with van der Waals surface area (Å²) in [7, 11) is 0. The van der Waals surface area contributed by atoms with Gasteiger partial charge in [-0.2, -0.15) is 0 Å². The Morgan fingerprint density at radius 3 is 2.40 bits per heavy atom. The van der Waals surface area contributed by atoms with Crippen LogP contribution in [0, 0.1) is 20.8 Å². The predicted molar refractivity (Wildman–Crippen MR) is 103 cm³/mol. The maximum atomic E-state index is 12.3. The lowest BCUT2D eigenvalue weighted by Crippen LogP contribution is -2.32. The summed E-state index contributed by atoms with van der Waals surface area (Å²) in [6.07, 6.45) is 0.207. The van der Waals surface area contributed by atoms with Crippen LogP contribution in [0.2, 0.25) is 5.02 Å². The number of aryl methyl sites for hydroxylation is 1. The summed E-state index contributed by atoms with van der Waals surface area (Å²) in [4.78, 5) is 25.9. The van der Waals surface area contributed by atoms with Gasteiger partial charge in [0.15, 0.2) is 0 Å². The van der Waals surface area contributed by atoms with Crippen molar-refractivity contribution in [3.8, 4) is 0 Å². The second-order valence-electron chi connectivity index (χ2n) is 6.10. The highest BCUT2D eigenvalue weighted by Crippen LogP contribution is 2.27. The summed E-state index contributed by atoms with van der Waals surface area (Å²) in [5.41, 5.74) is 4.54. The Morgan fingerprint density at radius 1 is 1.04 bits per heavy atom. The zero-order valence-electron chi connectivity index (χ0n) is 15.0. The molecule has 0 spiro atoms. The molecule has 0 aliphatic heterocycles.